The van der Waals surface area contributed by atoms with Gasteiger partial charge in [-0.05, 0) is 36.0 Å². The zero-order valence-corrected chi connectivity index (χ0v) is 12.7. The summed E-state index contributed by atoms with van der Waals surface area (Å²) in [5, 5.41) is 0.488. The van der Waals surface area contributed by atoms with Crippen molar-refractivity contribution < 1.29 is 14.3 Å². The van der Waals surface area contributed by atoms with Gasteiger partial charge in [-0.2, -0.15) is 0 Å². The van der Waals surface area contributed by atoms with Gasteiger partial charge < -0.3 is 14.4 Å². The Balaban J connectivity index is 2.41. The summed E-state index contributed by atoms with van der Waals surface area (Å²) in [6, 6.07) is 5.47. The Hall–Kier alpha value is -2.08. The fourth-order valence-corrected chi connectivity index (χ4v) is 2.17. The number of thiocarbonyl (C=S) groups is 1. The zero-order chi connectivity index (χ0) is 14.9. The second-order valence-corrected chi connectivity index (χ2v) is 4.71. The zero-order valence-electron chi connectivity index (χ0n) is 11.8. The second-order valence-electron chi connectivity index (χ2n) is 4.35. The third-order valence-electron chi connectivity index (χ3n) is 3.17. The lowest BCUT2D eigenvalue weighted by atomic mass is 10.1. The van der Waals surface area contributed by atoms with Crippen molar-refractivity contribution >= 4 is 29.3 Å². The van der Waals surface area contributed by atoms with Gasteiger partial charge in [-0.15, -0.1) is 0 Å². The molecule has 20 heavy (non-hydrogen) atoms. The molecular formula is C14H16N2O3S. The van der Waals surface area contributed by atoms with E-state index in [1.165, 1.54) is 4.90 Å². The fourth-order valence-electron chi connectivity index (χ4n) is 1.99. The lowest BCUT2D eigenvalue weighted by Crippen LogP contribution is -2.26. The first-order valence-electron chi connectivity index (χ1n) is 5.99. The van der Waals surface area contributed by atoms with Gasteiger partial charge in [-0.3, -0.25) is 9.69 Å². The molecule has 6 heteroatoms. The molecule has 0 atom stereocenters. The van der Waals surface area contributed by atoms with Gasteiger partial charge in [0.25, 0.3) is 5.91 Å². The molecular weight excluding hydrogens is 276 g/mol. The van der Waals surface area contributed by atoms with Crippen LogP contribution in [0, 0.1) is 0 Å². The minimum atomic E-state index is -0.118. The second kappa shape index (κ2) is 5.50. The van der Waals surface area contributed by atoms with E-state index < -0.39 is 0 Å². The van der Waals surface area contributed by atoms with Crippen LogP contribution in [0.5, 0.6) is 11.5 Å². The first kappa shape index (κ1) is 14.3. The number of nitrogens with zero attached hydrogens (tertiary/aromatic N) is 2. The van der Waals surface area contributed by atoms with Crippen LogP contribution in [0.15, 0.2) is 23.9 Å². The summed E-state index contributed by atoms with van der Waals surface area (Å²) in [5.41, 5.74) is 1.38. The summed E-state index contributed by atoms with van der Waals surface area (Å²) >= 11 is 5.17. The highest BCUT2D eigenvalue weighted by molar-refractivity contribution is 7.80. The number of hydrogen-bond donors (Lipinski definition) is 0. The molecule has 0 aliphatic carbocycles. The molecule has 1 aliphatic rings. The maximum absolute atomic E-state index is 12.1. The van der Waals surface area contributed by atoms with Crippen LogP contribution in [0.2, 0.25) is 0 Å². The summed E-state index contributed by atoms with van der Waals surface area (Å²) in [7, 11) is 6.59. The van der Waals surface area contributed by atoms with Crippen LogP contribution in [0.4, 0.5) is 0 Å². The van der Waals surface area contributed by atoms with Gasteiger partial charge in [0.1, 0.15) is 5.70 Å². The standard InChI is InChI=1S/C14H16N2O3S/c1-15-10(13(17)16(2)14(15)20)7-9-5-6-11(18-3)12(8-9)19-4/h5-8H,1-4H3/b10-7-. The molecule has 1 heterocycles. The number of rotatable bonds is 3. The molecule has 1 saturated heterocycles. The number of methoxy groups -OCH3 is 2. The van der Waals surface area contributed by atoms with Crippen molar-refractivity contribution in [2.75, 3.05) is 28.3 Å². The van der Waals surface area contributed by atoms with E-state index in [1.807, 2.05) is 12.1 Å². The Bertz CT molecular complexity index is 598. The molecule has 5 nitrogen and oxygen atoms in total. The Morgan fingerprint density at radius 2 is 1.75 bits per heavy atom. The van der Waals surface area contributed by atoms with Gasteiger partial charge in [0.15, 0.2) is 16.6 Å². The van der Waals surface area contributed by atoms with Crippen LogP contribution in [-0.2, 0) is 4.79 Å². The minimum absolute atomic E-state index is 0.118. The average Bonchev–Trinajstić information content (AvgIpc) is 2.65. The summed E-state index contributed by atoms with van der Waals surface area (Å²) in [6.07, 6.45) is 1.78. The van der Waals surface area contributed by atoms with E-state index in [4.69, 9.17) is 21.7 Å². The maximum atomic E-state index is 12.1. The lowest BCUT2D eigenvalue weighted by Gasteiger charge is -2.11. The Labute approximate surface area is 123 Å². The molecule has 2 rings (SSSR count). The number of benzene rings is 1. The van der Waals surface area contributed by atoms with Gasteiger partial charge in [0.05, 0.1) is 14.2 Å². The van der Waals surface area contributed by atoms with Crippen molar-refractivity contribution in [2.24, 2.45) is 0 Å². The highest BCUT2D eigenvalue weighted by Crippen LogP contribution is 2.29. The number of hydrogen-bond acceptors (Lipinski definition) is 4. The van der Waals surface area contributed by atoms with Crippen LogP contribution < -0.4 is 9.47 Å². The molecule has 106 valence electrons. The van der Waals surface area contributed by atoms with E-state index in [9.17, 15) is 4.79 Å². The summed E-state index contributed by atoms with van der Waals surface area (Å²) in [6.45, 7) is 0. The van der Waals surface area contributed by atoms with E-state index in [2.05, 4.69) is 0 Å². The molecule has 0 spiro atoms. The number of carbonyl (C=O) groups is 1. The minimum Gasteiger partial charge on any atom is -0.493 e. The van der Waals surface area contributed by atoms with Crippen LogP contribution in [0.25, 0.3) is 6.08 Å². The lowest BCUT2D eigenvalue weighted by molar-refractivity contribution is -0.121. The van der Waals surface area contributed by atoms with Crippen LogP contribution in [0.3, 0.4) is 0 Å². The summed E-state index contributed by atoms with van der Waals surface area (Å²) < 4.78 is 10.4. The van der Waals surface area contributed by atoms with Gasteiger partial charge in [0.2, 0.25) is 0 Å². The van der Waals surface area contributed by atoms with Crippen molar-refractivity contribution in [1.82, 2.24) is 9.80 Å². The van der Waals surface area contributed by atoms with E-state index in [1.54, 1.807) is 45.4 Å². The molecule has 1 fully saturated rings. The van der Waals surface area contributed by atoms with Crippen molar-refractivity contribution in [1.29, 1.82) is 0 Å². The van der Waals surface area contributed by atoms with Gasteiger partial charge in [-0.25, -0.2) is 0 Å². The number of amides is 1. The Morgan fingerprint density at radius 1 is 1.10 bits per heavy atom. The third-order valence-corrected chi connectivity index (χ3v) is 3.72. The average molecular weight is 292 g/mol. The van der Waals surface area contributed by atoms with Gasteiger partial charge >= 0.3 is 0 Å². The molecule has 0 aromatic heterocycles. The molecule has 1 aliphatic heterocycles. The largest absolute Gasteiger partial charge is 0.493 e. The number of carbonyl (C=O) groups excluding carboxylic acids is 1. The SMILES string of the molecule is COc1ccc(/C=C2/C(=O)N(C)C(=S)N2C)cc1OC. The predicted molar refractivity (Wildman–Crippen MR) is 80.7 cm³/mol. The van der Waals surface area contributed by atoms with Crippen molar-refractivity contribution in [3.05, 3.63) is 29.5 Å². The van der Waals surface area contributed by atoms with E-state index in [-0.39, 0.29) is 5.91 Å². The van der Waals surface area contributed by atoms with Gasteiger partial charge in [0, 0.05) is 14.1 Å². The Kier molecular flexibility index (Phi) is 3.94. The predicted octanol–water partition coefficient (Wildman–Crippen LogP) is 1.73. The van der Waals surface area contributed by atoms with Crippen LogP contribution in [-0.4, -0.2) is 49.1 Å². The first-order valence-corrected chi connectivity index (χ1v) is 6.40. The van der Waals surface area contributed by atoms with Crippen molar-refractivity contribution in [3.63, 3.8) is 0 Å². The smallest absolute Gasteiger partial charge is 0.276 e. The molecule has 0 saturated carbocycles. The quantitative estimate of drug-likeness (QED) is 0.627. The number of ether oxygens (including phenoxy) is 2. The molecule has 1 aromatic carbocycles. The molecule has 0 N–H and O–H groups in total. The van der Waals surface area contributed by atoms with Crippen LogP contribution in [0.1, 0.15) is 5.56 Å². The topological polar surface area (TPSA) is 42.0 Å². The molecule has 0 radical (unpaired) electrons. The molecule has 0 bridgehead atoms. The highest BCUT2D eigenvalue weighted by Gasteiger charge is 2.32. The van der Waals surface area contributed by atoms with E-state index in [0.717, 1.165) is 5.56 Å². The molecule has 0 unspecified atom stereocenters. The van der Waals surface area contributed by atoms with Crippen LogP contribution >= 0.6 is 12.2 Å². The van der Waals surface area contributed by atoms with Crippen molar-refractivity contribution in [2.45, 2.75) is 0 Å². The molecule has 1 amide bonds. The fraction of sp³-hybridized carbons (Fsp3) is 0.286. The number of likely N-dealkylation sites (N-methyl/N-ethyl adjacent to an activating group) is 2. The highest BCUT2D eigenvalue weighted by atomic mass is 32.1. The molecule has 1 aromatic rings. The maximum Gasteiger partial charge on any atom is 0.276 e. The monoisotopic (exact) mass is 292 g/mol. The van der Waals surface area contributed by atoms with E-state index in [0.29, 0.717) is 22.3 Å². The first-order chi connectivity index (χ1) is 9.49. The summed E-state index contributed by atoms with van der Waals surface area (Å²) in [5.74, 6) is 1.14. The van der Waals surface area contributed by atoms with Gasteiger partial charge in [-0.1, -0.05) is 6.07 Å². The summed E-state index contributed by atoms with van der Waals surface area (Å²) in [4.78, 5) is 15.2. The normalized spacial score (nSPS) is 17.1. The Morgan fingerprint density at radius 3 is 2.25 bits per heavy atom. The third kappa shape index (κ3) is 2.34. The van der Waals surface area contributed by atoms with E-state index >= 15 is 0 Å². The van der Waals surface area contributed by atoms with Crippen molar-refractivity contribution in [3.8, 4) is 11.5 Å².